The molecular weight excluding hydrogens is 212 g/mol. The summed E-state index contributed by atoms with van der Waals surface area (Å²) in [5.74, 6) is -0.800. The molecule has 1 saturated heterocycles. The number of hydrogen-bond acceptors (Lipinski definition) is 1. The number of rotatable bonds is 2. The van der Waals surface area contributed by atoms with Crippen LogP contribution in [0.5, 0.6) is 0 Å². The van der Waals surface area contributed by atoms with Gasteiger partial charge in [0.1, 0.15) is 0 Å². The minimum atomic E-state index is -2.32. The maximum atomic E-state index is 12.2. The SMILES string of the molecule is Cc1ccc(C(=O)N2CC(C(F)F)C2)cc1. The first-order valence-corrected chi connectivity index (χ1v) is 5.22. The van der Waals surface area contributed by atoms with Gasteiger partial charge in [0.2, 0.25) is 6.43 Å². The third-order valence-electron chi connectivity index (χ3n) is 2.85. The molecule has 0 bridgehead atoms. The maximum absolute atomic E-state index is 12.2. The van der Waals surface area contributed by atoms with Crippen LogP contribution in [0.3, 0.4) is 0 Å². The van der Waals surface area contributed by atoms with Crippen LogP contribution in [-0.2, 0) is 0 Å². The lowest BCUT2D eigenvalue weighted by Crippen LogP contribution is -2.52. The molecule has 1 aromatic carbocycles. The molecule has 1 aromatic rings. The van der Waals surface area contributed by atoms with Gasteiger partial charge >= 0.3 is 0 Å². The fourth-order valence-corrected chi connectivity index (χ4v) is 1.72. The van der Waals surface area contributed by atoms with Crippen LogP contribution in [-0.4, -0.2) is 30.3 Å². The van der Waals surface area contributed by atoms with Crippen molar-refractivity contribution in [3.05, 3.63) is 35.4 Å². The molecule has 86 valence electrons. The van der Waals surface area contributed by atoms with E-state index < -0.39 is 12.3 Å². The standard InChI is InChI=1S/C12H13F2NO/c1-8-2-4-9(5-3-8)12(16)15-6-10(7-15)11(13)14/h2-5,10-11H,6-7H2,1H3. The summed E-state index contributed by atoms with van der Waals surface area (Å²) in [6, 6.07) is 7.15. The zero-order valence-corrected chi connectivity index (χ0v) is 8.99. The van der Waals surface area contributed by atoms with E-state index in [0.29, 0.717) is 5.56 Å². The van der Waals surface area contributed by atoms with Gasteiger partial charge in [0.25, 0.3) is 5.91 Å². The highest BCUT2D eigenvalue weighted by Crippen LogP contribution is 2.24. The van der Waals surface area contributed by atoms with Crippen LogP contribution in [0.4, 0.5) is 8.78 Å². The highest BCUT2D eigenvalue weighted by Gasteiger charge is 2.36. The number of hydrogen-bond donors (Lipinski definition) is 0. The Morgan fingerprint density at radius 1 is 1.31 bits per heavy atom. The van der Waals surface area contributed by atoms with Crippen LogP contribution < -0.4 is 0 Å². The van der Waals surface area contributed by atoms with Crippen LogP contribution in [0.15, 0.2) is 24.3 Å². The molecule has 0 aromatic heterocycles. The van der Waals surface area contributed by atoms with E-state index in [1.54, 1.807) is 12.1 Å². The van der Waals surface area contributed by atoms with Crippen LogP contribution in [0.2, 0.25) is 0 Å². The summed E-state index contributed by atoms with van der Waals surface area (Å²) in [7, 11) is 0. The van der Waals surface area contributed by atoms with Gasteiger partial charge in [0.15, 0.2) is 0 Å². The van der Waals surface area contributed by atoms with E-state index in [2.05, 4.69) is 0 Å². The lowest BCUT2D eigenvalue weighted by Gasteiger charge is -2.38. The summed E-state index contributed by atoms with van der Waals surface area (Å²) in [6.45, 7) is 2.28. The summed E-state index contributed by atoms with van der Waals surface area (Å²) >= 11 is 0. The van der Waals surface area contributed by atoms with Crippen molar-refractivity contribution in [3.63, 3.8) is 0 Å². The van der Waals surface area contributed by atoms with E-state index in [1.807, 2.05) is 19.1 Å². The van der Waals surface area contributed by atoms with E-state index in [4.69, 9.17) is 0 Å². The van der Waals surface area contributed by atoms with Crippen molar-refractivity contribution >= 4 is 5.91 Å². The summed E-state index contributed by atoms with van der Waals surface area (Å²) in [4.78, 5) is 13.2. The molecule has 0 atom stereocenters. The van der Waals surface area contributed by atoms with Crippen molar-refractivity contribution in [1.82, 2.24) is 4.90 Å². The van der Waals surface area contributed by atoms with Crippen molar-refractivity contribution in [2.75, 3.05) is 13.1 Å². The Bertz CT molecular complexity index is 383. The highest BCUT2D eigenvalue weighted by atomic mass is 19.3. The second kappa shape index (κ2) is 4.20. The monoisotopic (exact) mass is 225 g/mol. The smallest absolute Gasteiger partial charge is 0.253 e. The molecule has 0 aliphatic carbocycles. The molecule has 0 saturated carbocycles. The average molecular weight is 225 g/mol. The molecule has 16 heavy (non-hydrogen) atoms. The Labute approximate surface area is 92.9 Å². The fraction of sp³-hybridized carbons (Fsp3) is 0.417. The first kappa shape index (κ1) is 11.0. The zero-order chi connectivity index (χ0) is 11.7. The van der Waals surface area contributed by atoms with Gasteiger partial charge in [-0.15, -0.1) is 0 Å². The third-order valence-corrected chi connectivity index (χ3v) is 2.85. The number of halogens is 2. The Morgan fingerprint density at radius 3 is 2.38 bits per heavy atom. The predicted molar refractivity (Wildman–Crippen MR) is 56.6 cm³/mol. The molecule has 1 aliphatic heterocycles. The van der Waals surface area contributed by atoms with Gasteiger partial charge in [-0.3, -0.25) is 4.79 Å². The zero-order valence-electron chi connectivity index (χ0n) is 8.99. The molecule has 1 amide bonds. The molecule has 1 aliphatic rings. The second-order valence-electron chi connectivity index (χ2n) is 4.17. The first-order chi connectivity index (χ1) is 7.58. The number of carbonyl (C=O) groups excluding carboxylic acids is 1. The molecule has 1 heterocycles. The van der Waals surface area contributed by atoms with E-state index in [1.165, 1.54) is 4.90 Å². The van der Waals surface area contributed by atoms with Gasteiger partial charge in [-0.05, 0) is 19.1 Å². The van der Waals surface area contributed by atoms with Gasteiger partial charge in [-0.1, -0.05) is 17.7 Å². The summed E-state index contributed by atoms with van der Waals surface area (Å²) in [5.41, 5.74) is 1.64. The fourth-order valence-electron chi connectivity index (χ4n) is 1.72. The Hall–Kier alpha value is -1.45. The lowest BCUT2D eigenvalue weighted by molar-refractivity contribution is -0.0152. The van der Waals surface area contributed by atoms with Gasteiger partial charge in [-0.25, -0.2) is 8.78 Å². The number of benzene rings is 1. The quantitative estimate of drug-likeness (QED) is 0.756. The maximum Gasteiger partial charge on any atom is 0.253 e. The molecule has 2 rings (SSSR count). The number of likely N-dealkylation sites (tertiary alicyclic amines) is 1. The van der Waals surface area contributed by atoms with Crippen molar-refractivity contribution < 1.29 is 13.6 Å². The van der Waals surface area contributed by atoms with Gasteiger partial charge in [0.05, 0.1) is 5.92 Å². The van der Waals surface area contributed by atoms with Crippen molar-refractivity contribution in [1.29, 1.82) is 0 Å². The van der Waals surface area contributed by atoms with Crippen LogP contribution in [0, 0.1) is 12.8 Å². The molecular formula is C12H13F2NO. The Morgan fingerprint density at radius 2 is 1.88 bits per heavy atom. The van der Waals surface area contributed by atoms with Crippen LogP contribution in [0.25, 0.3) is 0 Å². The Kier molecular flexibility index (Phi) is 2.90. The average Bonchev–Trinajstić information content (AvgIpc) is 2.15. The van der Waals surface area contributed by atoms with Crippen LogP contribution in [0.1, 0.15) is 15.9 Å². The van der Waals surface area contributed by atoms with E-state index in [-0.39, 0.29) is 19.0 Å². The van der Waals surface area contributed by atoms with Crippen molar-refractivity contribution in [2.45, 2.75) is 13.3 Å². The number of aryl methyl sites for hydroxylation is 1. The minimum absolute atomic E-state index is 0.156. The van der Waals surface area contributed by atoms with Crippen molar-refractivity contribution in [3.8, 4) is 0 Å². The largest absolute Gasteiger partial charge is 0.338 e. The molecule has 4 heteroatoms. The topological polar surface area (TPSA) is 20.3 Å². The van der Waals surface area contributed by atoms with E-state index in [0.717, 1.165) is 5.56 Å². The lowest BCUT2D eigenvalue weighted by atomic mass is 9.99. The van der Waals surface area contributed by atoms with Gasteiger partial charge in [-0.2, -0.15) is 0 Å². The predicted octanol–water partition coefficient (Wildman–Crippen LogP) is 2.33. The van der Waals surface area contributed by atoms with Crippen molar-refractivity contribution in [2.24, 2.45) is 5.92 Å². The highest BCUT2D eigenvalue weighted by molar-refractivity contribution is 5.94. The molecule has 0 unspecified atom stereocenters. The number of alkyl halides is 2. The van der Waals surface area contributed by atoms with Crippen LogP contribution >= 0.6 is 0 Å². The number of nitrogens with zero attached hydrogens (tertiary/aromatic N) is 1. The van der Waals surface area contributed by atoms with E-state index in [9.17, 15) is 13.6 Å². The summed E-state index contributed by atoms with van der Waals surface area (Å²) < 4.78 is 24.5. The molecule has 0 spiro atoms. The summed E-state index contributed by atoms with van der Waals surface area (Å²) in [5, 5.41) is 0. The van der Waals surface area contributed by atoms with Gasteiger partial charge < -0.3 is 4.90 Å². The van der Waals surface area contributed by atoms with Gasteiger partial charge in [0, 0.05) is 18.7 Å². The molecule has 0 radical (unpaired) electrons. The Balaban J connectivity index is 1.97. The second-order valence-corrected chi connectivity index (χ2v) is 4.17. The molecule has 1 fully saturated rings. The summed E-state index contributed by atoms with van der Waals surface area (Å²) in [6.07, 6.45) is -2.32. The number of carbonyl (C=O) groups is 1. The molecule has 0 N–H and O–H groups in total. The first-order valence-electron chi connectivity index (χ1n) is 5.22. The minimum Gasteiger partial charge on any atom is -0.338 e. The van der Waals surface area contributed by atoms with E-state index >= 15 is 0 Å². The third kappa shape index (κ3) is 2.05. The normalized spacial score (nSPS) is 16.4. The number of amides is 1. The molecule has 2 nitrogen and oxygen atoms in total.